The van der Waals surface area contributed by atoms with Gasteiger partial charge in [-0.25, -0.2) is 14.6 Å². The highest BCUT2D eigenvalue weighted by Gasteiger charge is 2.20. The van der Waals surface area contributed by atoms with Crippen molar-refractivity contribution in [1.29, 1.82) is 0 Å². The van der Waals surface area contributed by atoms with Gasteiger partial charge in [-0.1, -0.05) is 11.6 Å². The Labute approximate surface area is 145 Å². The topological polar surface area (TPSA) is 98.8 Å². The van der Waals surface area contributed by atoms with Crippen molar-refractivity contribution in [3.8, 4) is 0 Å². The normalized spacial score (nSPS) is 12.2. The van der Waals surface area contributed by atoms with Gasteiger partial charge in [-0.2, -0.15) is 0 Å². The molecule has 0 aliphatic rings. The molecule has 9 heteroatoms. The summed E-state index contributed by atoms with van der Waals surface area (Å²) in [6.45, 7) is 7.16. The third kappa shape index (κ3) is 7.01. The average molecular weight is 360 g/mol. The number of anilines is 2. The van der Waals surface area contributed by atoms with Crippen LogP contribution in [0.5, 0.6) is 0 Å². The molecule has 1 amide bonds. The number of carbonyl (C=O) groups is 2. The van der Waals surface area contributed by atoms with E-state index in [1.54, 1.807) is 27.7 Å². The lowest BCUT2D eigenvalue weighted by Crippen LogP contribution is -2.33. The number of halogens is 1. The van der Waals surface area contributed by atoms with Gasteiger partial charge in [-0.3, -0.25) is 5.32 Å². The fraction of sp³-hybridized carbons (Fsp3) is 0.533. The van der Waals surface area contributed by atoms with Crippen LogP contribution in [-0.2, 0) is 19.0 Å². The first-order chi connectivity index (χ1) is 11.1. The summed E-state index contributed by atoms with van der Waals surface area (Å²) >= 11 is 5.93. The van der Waals surface area contributed by atoms with Crippen LogP contribution < -0.4 is 10.6 Å². The zero-order valence-corrected chi connectivity index (χ0v) is 15.1. The first-order valence-electron chi connectivity index (χ1n) is 7.28. The number of nitrogens with one attached hydrogen (secondary N) is 2. The van der Waals surface area contributed by atoms with Crippen molar-refractivity contribution in [2.75, 3.05) is 24.4 Å². The van der Waals surface area contributed by atoms with Crippen molar-refractivity contribution < 1.29 is 23.8 Å². The lowest BCUT2D eigenvalue weighted by atomic mass is 10.2. The van der Waals surface area contributed by atoms with E-state index >= 15 is 0 Å². The quantitative estimate of drug-likeness (QED) is 0.457. The van der Waals surface area contributed by atoms with Crippen LogP contribution in [0, 0.1) is 0 Å². The van der Waals surface area contributed by atoms with Gasteiger partial charge in [0.2, 0.25) is 6.23 Å². The van der Waals surface area contributed by atoms with Crippen molar-refractivity contribution in [3.63, 3.8) is 0 Å². The summed E-state index contributed by atoms with van der Waals surface area (Å²) in [5, 5.41) is 5.39. The minimum absolute atomic E-state index is 0.116. The Morgan fingerprint density at radius 1 is 1.33 bits per heavy atom. The third-order valence-corrected chi connectivity index (χ3v) is 2.65. The molecule has 1 atom stereocenters. The number of rotatable bonds is 6. The second kappa shape index (κ2) is 8.70. The predicted octanol–water partition coefficient (Wildman–Crippen LogP) is 3.03. The molecule has 0 aliphatic heterocycles. The summed E-state index contributed by atoms with van der Waals surface area (Å²) in [6.07, 6.45) is -1.69. The SMILES string of the molecule is CCOC(=O)C(Nc1cc(NC(=O)OC(C)(C)C)cc(Cl)n1)OC. The Morgan fingerprint density at radius 2 is 2.00 bits per heavy atom. The summed E-state index contributed by atoms with van der Waals surface area (Å²) < 4.78 is 15.0. The van der Waals surface area contributed by atoms with E-state index in [0.29, 0.717) is 5.69 Å². The molecular weight excluding hydrogens is 338 g/mol. The summed E-state index contributed by atoms with van der Waals surface area (Å²) in [6, 6.07) is 2.93. The lowest BCUT2D eigenvalue weighted by Gasteiger charge is -2.20. The van der Waals surface area contributed by atoms with Crippen LogP contribution in [0.3, 0.4) is 0 Å². The molecule has 0 saturated heterocycles. The minimum Gasteiger partial charge on any atom is -0.463 e. The van der Waals surface area contributed by atoms with Gasteiger partial charge in [-0.15, -0.1) is 0 Å². The predicted molar refractivity (Wildman–Crippen MR) is 90.2 cm³/mol. The van der Waals surface area contributed by atoms with Crippen LogP contribution in [0.2, 0.25) is 5.15 Å². The van der Waals surface area contributed by atoms with Gasteiger partial charge in [0.05, 0.1) is 12.3 Å². The Balaban J connectivity index is 2.85. The molecule has 1 unspecified atom stereocenters. The number of methoxy groups -OCH3 is 1. The van der Waals surface area contributed by atoms with Crippen LogP contribution in [0.4, 0.5) is 16.3 Å². The summed E-state index contributed by atoms with van der Waals surface area (Å²) in [4.78, 5) is 27.5. The Bertz CT molecular complexity index is 589. The number of nitrogens with zero attached hydrogens (tertiary/aromatic N) is 1. The highest BCUT2D eigenvalue weighted by molar-refractivity contribution is 6.29. The molecule has 1 heterocycles. The molecule has 2 N–H and O–H groups in total. The maximum atomic E-state index is 11.8. The zero-order valence-electron chi connectivity index (χ0n) is 14.3. The van der Waals surface area contributed by atoms with Crippen LogP contribution >= 0.6 is 11.6 Å². The molecule has 0 aliphatic carbocycles. The van der Waals surface area contributed by atoms with E-state index in [2.05, 4.69) is 15.6 Å². The number of aromatic nitrogens is 1. The van der Waals surface area contributed by atoms with Crippen LogP contribution in [0.25, 0.3) is 0 Å². The summed E-state index contributed by atoms with van der Waals surface area (Å²) in [5.74, 6) is -0.364. The van der Waals surface area contributed by atoms with Gasteiger partial charge in [0.1, 0.15) is 16.6 Å². The average Bonchev–Trinajstić information content (AvgIpc) is 2.42. The molecular formula is C15H22ClN3O5. The molecule has 1 rings (SSSR count). The van der Waals surface area contributed by atoms with E-state index in [1.165, 1.54) is 19.2 Å². The van der Waals surface area contributed by atoms with Crippen LogP contribution in [0.15, 0.2) is 12.1 Å². The molecule has 0 fully saturated rings. The molecule has 0 saturated carbocycles. The van der Waals surface area contributed by atoms with Crippen molar-refractivity contribution in [2.45, 2.75) is 39.5 Å². The zero-order chi connectivity index (χ0) is 18.3. The molecule has 0 radical (unpaired) electrons. The minimum atomic E-state index is -1.05. The monoisotopic (exact) mass is 359 g/mol. The van der Waals surface area contributed by atoms with Gasteiger partial charge in [0, 0.05) is 13.2 Å². The van der Waals surface area contributed by atoms with Gasteiger partial charge >= 0.3 is 12.1 Å². The molecule has 1 aromatic rings. The van der Waals surface area contributed by atoms with E-state index in [0.717, 1.165) is 0 Å². The second-order valence-corrected chi connectivity index (χ2v) is 6.09. The Kier molecular flexibility index (Phi) is 7.24. The van der Waals surface area contributed by atoms with Gasteiger partial charge < -0.3 is 19.5 Å². The number of esters is 1. The number of carbonyl (C=O) groups excluding carboxylic acids is 2. The fourth-order valence-corrected chi connectivity index (χ4v) is 1.84. The number of pyridine rings is 1. The highest BCUT2D eigenvalue weighted by Crippen LogP contribution is 2.20. The molecule has 0 spiro atoms. The molecule has 24 heavy (non-hydrogen) atoms. The summed E-state index contributed by atoms with van der Waals surface area (Å²) in [5.41, 5.74) is -0.280. The van der Waals surface area contributed by atoms with Crippen molar-refractivity contribution in [3.05, 3.63) is 17.3 Å². The van der Waals surface area contributed by atoms with Gasteiger partial charge in [-0.05, 0) is 33.8 Å². The fourth-order valence-electron chi connectivity index (χ4n) is 1.63. The Hall–Kier alpha value is -2.06. The second-order valence-electron chi connectivity index (χ2n) is 5.70. The Morgan fingerprint density at radius 3 is 2.54 bits per heavy atom. The lowest BCUT2D eigenvalue weighted by molar-refractivity contribution is -0.153. The van der Waals surface area contributed by atoms with Crippen molar-refractivity contribution in [2.24, 2.45) is 0 Å². The highest BCUT2D eigenvalue weighted by atomic mass is 35.5. The largest absolute Gasteiger partial charge is 0.463 e. The first-order valence-corrected chi connectivity index (χ1v) is 7.66. The number of amides is 1. The van der Waals surface area contributed by atoms with E-state index in [1.807, 2.05) is 0 Å². The maximum absolute atomic E-state index is 11.8. The number of hydrogen-bond donors (Lipinski definition) is 2. The van der Waals surface area contributed by atoms with E-state index in [-0.39, 0.29) is 17.6 Å². The molecule has 8 nitrogen and oxygen atoms in total. The van der Waals surface area contributed by atoms with Gasteiger partial charge in [0.15, 0.2) is 0 Å². The van der Waals surface area contributed by atoms with Crippen molar-refractivity contribution in [1.82, 2.24) is 4.98 Å². The van der Waals surface area contributed by atoms with E-state index in [4.69, 9.17) is 25.8 Å². The third-order valence-electron chi connectivity index (χ3n) is 2.45. The van der Waals surface area contributed by atoms with Crippen LogP contribution in [0.1, 0.15) is 27.7 Å². The number of hydrogen-bond acceptors (Lipinski definition) is 7. The molecule has 0 bridgehead atoms. The molecule has 134 valence electrons. The van der Waals surface area contributed by atoms with Crippen LogP contribution in [-0.4, -0.2) is 42.6 Å². The maximum Gasteiger partial charge on any atom is 0.412 e. The molecule has 0 aromatic carbocycles. The van der Waals surface area contributed by atoms with Gasteiger partial charge in [0.25, 0.3) is 0 Å². The summed E-state index contributed by atoms with van der Waals surface area (Å²) in [7, 11) is 1.35. The smallest absolute Gasteiger partial charge is 0.412 e. The standard InChI is InChI=1S/C15H22ClN3O5/c1-6-23-13(20)12(22-5)19-11-8-9(7-10(16)18-11)17-14(21)24-15(2,3)4/h7-8,12H,6H2,1-5H3,(H2,17,18,19,21). The van der Waals surface area contributed by atoms with E-state index < -0.39 is 23.9 Å². The van der Waals surface area contributed by atoms with E-state index in [9.17, 15) is 9.59 Å². The molecule has 1 aromatic heterocycles. The van der Waals surface area contributed by atoms with Crippen molar-refractivity contribution >= 4 is 35.2 Å². The first kappa shape index (κ1) is 20.0. The number of ether oxygens (including phenoxy) is 3.